The Morgan fingerprint density at radius 1 is 1.38 bits per heavy atom. The summed E-state index contributed by atoms with van der Waals surface area (Å²) in [5, 5.41) is 8.87. The van der Waals surface area contributed by atoms with Gasteiger partial charge in [0.05, 0.1) is 18.4 Å². The second-order valence-electron chi connectivity index (χ2n) is 5.23. The number of oxazole rings is 1. The number of carbonyl (C=O) groups excluding carboxylic acids is 1. The quantitative estimate of drug-likeness (QED) is 0.809. The van der Waals surface area contributed by atoms with Crippen LogP contribution < -0.4 is 0 Å². The van der Waals surface area contributed by atoms with E-state index in [9.17, 15) is 9.59 Å². The van der Waals surface area contributed by atoms with E-state index in [-0.39, 0.29) is 18.9 Å². The summed E-state index contributed by atoms with van der Waals surface area (Å²) < 4.78 is 16.3. The molecule has 2 atom stereocenters. The van der Waals surface area contributed by atoms with E-state index in [1.165, 1.54) is 12.5 Å². The SMILES string of the molecule is O=C=C(c1ccccc1CCC(=O)O)C1COC(c2ncco2)O1. The van der Waals surface area contributed by atoms with Gasteiger partial charge in [-0.25, -0.2) is 9.78 Å². The number of carboxylic acid groups (broad SMARTS) is 1. The van der Waals surface area contributed by atoms with Crippen LogP contribution in [0.2, 0.25) is 0 Å². The molecule has 7 nitrogen and oxygen atoms in total. The van der Waals surface area contributed by atoms with E-state index in [1.807, 2.05) is 5.94 Å². The number of aliphatic carboxylic acids is 1. The zero-order chi connectivity index (χ0) is 16.9. The van der Waals surface area contributed by atoms with Crippen LogP contribution in [0.3, 0.4) is 0 Å². The second kappa shape index (κ2) is 7.23. The molecule has 0 radical (unpaired) electrons. The lowest BCUT2D eigenvalue weighted by molar-refractivity contribution is -0.136. The molecule has 2 heterocycles. The summed E-state index contributed by atoms with van der Waals surface area (Å²) in [4.78, 5) is 26.3. The standard InChI is InChI=1S/C17H15NO6/c19-9-13(12-4-2-1-3-11(12)5-6-15(20)21)14-10-23-17(24-14)16-18-7-8-22-16/h1-4,7-8,14,17H,5-6,10H2,(H,20,21). The van der Waals surface area contributed by atoms with Crippen molar-refractivity contribution in [1.82, 2.24) is 4.98 Å². The van der Waals surface area contributed by atoms with Crippen molar-refractivity contribution in [3.05, 3.63) is 53.7 Å². The molecule has 0 spiro atoms. The van der Waals surface area contributed by atoms with Crippen LogP contribution in [0.5, 0.6) is 0 Å². The number of benzene rings is 1. The smallest absolute Gasteiger partial charge is 0.303 e. The van der Waals surface area contributed by atoms with Crippen LogP contribution in [0.4, 0.5) is 0 Å². The topological polar surface area (TPSA) is 98.9 Å². The highest BCUT2D eigenvalue weighted by atomic mass is 16.7. The van der Waals surface area contributed by atoms with E-state index in [4.69, 9.17) is 19.0 Å². The van der Waals surface area contributed by atoms with Crippen molar-refractivity contribution in [1.29, 1.82) is 0 Å². The molecule has 1 N–H and O–H groups in total. The van der Waals surface area contributed by atoms with Gasteiger partial charge < -0.3 is 19.0 Å². The number of carbonyl (C=O) groups is 1. The molecule has 0 aliphatic carbocycles. The van der Waals surface area contributed by atoms with Gasteiger partial charge >= 0.3 is 5.97 Å². The lowest BCUT2D eigenvalue weighted by Crippen LogP contribution is -2.15. The molecule has 24 heavy (non-hydrogen) atoms. The molecule has 0 bridgehead atoms. The molecule has 7 heteroatoms. The average Bonchev–Trinajstić information content (AvgIpc) is 3.26. The molecular formula is C17H15NO6. The Morgan fingerprint density at radius 3 is 2.92 bits per heavy atom. The molecule has 0 amide bonds. The van der Waals surface area contributed by atoms with Gasteiger partial charge in [0, 0.05) is 6.42 Å². The summed E-state index contributed by atoms with van der Waals surface area (Å²) >= 11 is 0. The molecule has 0 saturated carbocycles. The molecule has 1 aliphatic rings. The van der Waals surface area contributed by atoms with Gasteiger partial charge in [-0.3, -0.25) is 4.79 Å². The average molecular weight is 329 g/mol. The maximum atomic E-state index is 11.5. The number of aromatic nitrogens is 1. The Hall–Kier alpha value is -2.73. The number of rotatable bonds is 6. The fourth-order valence-electron chi connectivity index (χ4n) is 2.57. The molecule has 1 aliphatic heterocycles. The molecule has 1 aromatic carbocycles. The summed E-state index contributed by atoms with van der Waals surface area (Å²) in [6.45, 7) is 0.158. The van der Waals surface area contributed by atoms with E-state index in [0.717, 1.165) is 5.56 Å². The highest BCUT2D eigenvalue weighted by Crippen LogP contribution is 2.33. The van der Waals surface area contributed by atoms with E-state index >= 15 is 0 Å². The molecular weight excluding hydrogens is 314 g/mol. The first kappa shape index (κ1) is 16.1. The van der Waals surface area contributed by atoms with Crippen LogP contribution in [0.15, 0.2) is 41.1 Å². The van der Waals surface area contributed by atoms with Gasteiger partial charge in [0.15, 0.2) is 0 Å². The van der Waals surface area contributed by atoms with Crippen LogP contribution >= 0.6 is 0 Å². The number of hydrogen-bond acceptors (Lipinski definition) is 6. The summed E-state index contributed by atoms with van der Waals surface area (Å²) in [7, 11) is 0. The number of hydrogen-bond donors (Lipinski definition) is 1. The van der Waals surface area contributed by atoms with Crippen molar-refractivity contribution in [3.8, 4) is 0 Å². The highest BCUT2D eigenvalue weighted by Gasteiger charge is 2.34. The van der Waals surface area contributed by atoms with Crippen molar-refractivity contribution in [2.75, 3.05) is 6.61 Å². The third kappa shape index (κ3) is 3.44. The number of nitrogens with zero attached hydrogens (tertiary/aromatic N) is 1. The Bertz CT molecular complexity index is 763. The second-order valence-corrected chi connectivity index (χ2v) is 5.23. The third-order valence-electron chi connectivity index (χ3n) is 3.69. The number of ether oxygens (including phenoxy) is 2. The van der Waals surface area contributed by atoms with Crippen molar-refractivity contribution in [3.63, 3.8) is 0 Å². The Labute approximate surface area is 137 Å². The minimum Gasteiger partial charge on any atom is -0.481 e. The molecule has 1 aromatic heterocycles. The van der Waals surface area contributed by atoms with Gasteiger partial charge in [0.1, 0.15) is 18.3 Å². The summed E-state index contributed by atoms with van der Waals surface area (Å²) in [6.07, 6.45) is 1.78. The predicted molar refractivity (Wildman–Crippen MR) is 81.6 cm³/mol. The first-order valence-electron chi connectivity index (χ1n) is 7.40. The van der Waals surface area contributed by atoms with Crippen LogP contribution in [0.25, 0.3) is 5.57 Å². The Morgan fingerprint density at radius 2 is 2.21 bits per heavy atom. The van der Waals surface area contributed by atoms with Gasteiger partial charge in [-0.05, 0) is 17.5 Å². The molecule has 1 saturated heterocycles. The molecule has 1 fully saturated rings. The molecule has 2 unspecified atom stereocenters. The van der Waals surface area contributed by atoms with E-state index < -0.39 is 18.4 Å². The zero-order valence-electron chi connectivity index (χ0n) is 12.7. The molecule has 3 rings (SSSR count). The van der Waals surface area contributed by atoms with Gasteiger partial charge in [-0.2, -0.15) is 0 Å². The fourth-order valence-corrected chi connectivity index (χ4v) is 2.57. The van der Waals surface area contributed by atoms with Crippen LogP contribution in [0.1, 0.15) is 29.7 Å². The van der Waals surface area contributed by atoms with E-state index in [2.05, 4.69) is 4.98 Å². The van der Waals surface area contributed by atoms with Crippen LogP contribution in [-0.4, -0.2) is 34.7 Å². The summed E-state index contributed by atoms with van der Waals surface area (Å²) in [6, 6.07) is 7.11. The largest absolute Gasteiger partial charge is 0.481 e. The van der Waals surface area contributed by atoms with E-state index in [0.29, 0.717) is 17.6 Å². The maximum Gasteiger partial charge on any atom is 0.303 e. The fraction of sp³-hybridized carbons (Fsp3) is 0.294. The Balaban J connectivity index is 1.80. The van der Waals surface area contributed by atoms with E-state index in [1.54, 1.807) is 24.3 Å². The van der Waals surface area contributed by atoms with Gasteiger partial charge in [0.2, 0.25) is 6.29 Å². The minimum atomic E-state index is -0.897. The van der Waals surface area contributed by atoms with Crippen molar-refractivity contribution in [2.24, 2.45) is 0 Å². The predicted octanol–water partition coefficient (Wildman–Crippen LogP) is 2.02. The molecule has 2 aromatic rings. The van der Waals surface area contributed by atoms with Crippen molar-refractivity contribution < 1.29 is 28.6 Å². The summed E-state index contributed by atoms with van der Waals surface area (Å²) in [5.74, 6) is 1.30. The zero-order valence-corrected chi connectivity index (χ0v) is 12.7. The van der Waals surface area contributed by atoms with Gasteiger partial charge in [-0.15, -0.1) is 0 Å². The minimum absolute atomic E-state index is 0.0237. The maximum absolute atomic E-state index is 11.5. The number of aryl methyl sites for hydroxylation is 1. The normalized spacial score (nSPS) is 19.8. The van der Waals surface area contributed by atoms with Crippen molar-refractivity contribution in [2.45, 2.75) is 25.2 Å². The molecule has 124 valence electrons. The Kier molecular flexibility index (Phi) is 4.86. The van der Waals surface area contributed by atoms with Crippen LogP contribution in [-0.2, 0) is 25.5 Å². The first-order valence-corrected chi connectivity index (χ1v) is 7.40. The van der Waals surface area contributed by atoms with Gasteiger partial charge in [-0.1, -0.05) is 24.3 Å². The third-order valence-corrected chi connectivity index (χ3v) is 3.69. The number of carboxylic acids is 1. The van der Waals surface area contributed by atoms with Gasteiger partial charge in [0.25, 0.3) is 5.89 Å². The van der Waals surface area contributed by atoms with Crippen LogP contribution in [0, 0.1) is 0 Å². The monoisotopic (exact) mass is 329 g/mol. The summed E-state index contributed by atoms with van der Waals surface area (Å²) in [5.41, 5.74) is 1.67. The lowest BCUT2D eigenvalue weighted by Gasteiger charge is -2.14. The lowest BCUT2D eigenvalue weighted by atomic mass is 9.94. The van der Waals surface area contributed by atoms with Crippen molar-refractivity contribution >= 4 is 17.5 Å². The highest BCUT2D eigenvalue weighted by molar-refractivity contribution is 5.91. The first-order chi connectivity index (χ1) is 11.7.